The molecule has 1 aromatic heterocycles. The predicted molar refractivity (Wildman–Crippen MR) is 73.9 cm³/mol. The number of aromatic nitrogens is 1. The van der Waals surface area contributed by atoms with Gasteiger partial charge in [0, 0.05) is 12.7 Å². The van der Waals surface area contributed by atoms with E-state index in [2.05, 4.69) is 10.3 Å². The van der Waals surface area contributed by atoms with Crippen LogP contribution in [0.3, 0.4) is 0 Å². The van der Waals surface area contributed by atoms with Gasteiger partial charge >= 0.3 is 0 Å². The lowest BCUT2D eigenvalue weighted by Gasteiger charge is -2.11. The molecule has 3 nitrogen and oxygen atoms in total. The van der Waals surface area contributed by atoms with Crippen molar-refractivity contribution in [3.05, 3.63) is 53.5 Å². The van der Waals surface area contributed by atoms with E-state index in [-0.39, 0.29) is 5.82 Å². The second-order valence-corrected chi connectivity index (χ2v) is 4.23. The molecule has 100 valence electrons. The van der Waals surface area contributed by atoms with Crippen molar-refractivity contribution in [3.8, 4) is 5.88 Å². The van der Waals surface area contributed by atoms with Crippen molar-refractivity contribution in [3.63, 3.8) is 0 Å². The summed E-state index contributed by atoms with van der Waals surface area (Å²) in [6.07, 6.45) is 1.69. The number of halogens is 1. The third kappa shape index (κ3) is 3.44. The molecule has 0 atom stereocenters. The van der Waals surface area contributed by atoms with Crippen LogP contribution in [-0.4, -0.2) is 11.6 Å². The zero-order chi connectivity index (χ0) is 13.7. The van der Waals surface area contributed by atoms with Crippen LogP contribution in [0, 0.1) is 12.7 Å². The average molecular weight is 260 g/mol. The van der Waals surface area contributed by atoms with Crippen LogP contribution in [0.5, 0.6) is 5.88 Å². The van der Waals surface area contributed by atoms with Crippen molar-refractivity contribution in [1.82, 2.24) is 4.98 Å². The number of nitrogens with one attached hydrogen (secondary N) is 1. The summed E-state index contributed by atoms with van der Waals surface area (Å²) in [5, 5.41) is 3.25. The molecule has 0 saturated carbocycles. The molecule has 0 spiro atoms. The maximum absolute atomic E-state index is 13.2. The highest BCUT2D eigenvalue weighted by molar-refractivity contribution is 5.52. The van der Waals surface area contributed by atoms with Crippen LogP contribution in [-0.2, 0) is 6.54 Å². The topological polar surface area (TPSA) is 34.1 Å². The van der Waals surface area contributed by atoms with Gasteiger partial charge in [-0.3, -0.25) is 0 Å². The Hall–Kier alpha value is -2.10. The molecule has 1 N–H and O–H groups in total. The van der Waals surface area contributed by atoms with Gasteiger partial charge in [-0.25, -0.2) is 9.37 Å². The van der Waals surface area contributed by atoms with Crippen molar-refractivity contribution in [2.75, 3.05) is 11.9 Å². The Bertz CT molecular complexity index is 558. The predicted octanol–water partition coefficient (Wildman–Crippen LogP) is 3.54. The van der Waals surface area contributed by atoms with Crippen molar-refractivity contribution in [1.29, 1.82) is 0 Å². The lowest BCUT2D eigenvalue weighted by molar-refractivity contribution is 0.328. The summed E-state index contributed by atoms with van der Waals surface area (Å²) in [4.78, 5) is 4.17. The fraction of sp³-hybridized carbons (Fsp3) is 0.267. The maximum Gasteiger partial charge on any atom is 0.237 e. The molecule has 0 aliphatic carbocycles. The number of hydrogen-bond donors (Lipinski definition) is 1. The monoisotopic (exact) mass is 260 g/mol. The van der Waals surface area contributed by atoms with Crippen molar-refractivity contribution in [2.24, 2.45) is 0 Å². The molecule has 19 heavy (non-hydrogen) atoms. The third-order valence-electron chi connectivity index (χ3n) is 2.76. The van der Waals surface area contributed by atoms with E-state index >= 15 is 0 Å². The minimum Gasteiger partial charge on any atom is -0.476 e. The van der Waals surface area contributed by atoms with Crippen LogP contribution in [0.4, 0.5) is 10.1 Å². The highest BCUT2D eigenvalue weighted by atomic mass is 19.1. The Morgan fingerprint density at radius 3 is 2.89 bits per heavy atom. The number of benzene rings is 1. The molecule has 0 fully saturated rings. The van der Waals surface area contributed by atoms with E-state index < -0.39 is 0 Å². The van der Waals surface area contributed by atoms with E-state index in [0.29, 0.717) is 24.6 Å². The Balaban J connectivity index is 2.07. The maximum atomic E-state index is 13.2. The first kappa shape index (κ1) is 13.3. The van der Waals surface area contributed by atoms with Crippen LogP contribution in [0.15, 0.2) is 36.5 Å². The van der Waals surface area contributed by atoms with Crippen molar-refractivity contribution >= 4 is 5.69 Å². The second kappa shape index (κ2) is 6.18. The third-order valence-corrected chi connectivity index (χ3v) is 2.76. The van der Waals surface area contributed by atoms with Crippen LogP contribution >= 0.6 is 0 Å². The molecular formula is C15H17FN2O. The first-order valence-corrected chi connectivity index (χ1v) is 6.27. The lowest BCUT2D eigenvalue weighted by Crippen LogP contribution is -2.04. The van der Waals surface area contributed by atoms with Gasteiger partial charge in [0.1, 0.15) is 5.82 Å². The number of aryl methyl sites for hydroxylation is 1. The molecule has 0 saturated heterocycles. The van der Waals surface area contributed by atoms with E-state index in [9.17, 15) is 4.39 Å². The normalized spacial score (nSPS) is 10.3. The highest BCUT2D eigenvalue weighted by Gasteiger charge is 2.04. The first-order valence-electron chi connectivity index (χ1n) is 6.27. The Morgan fingerprint density at radius 2 is 2.16 bits per heavy atom. The van der Waals surface area contributed by atoms with Crippen LogP contribution in [0.1, 0.15) is 18.1 Å². The quantitative estimate of drug-likeness (QED) is 0.892. The molecule has 4 heteroatoms. The molecule has 0 amide bonds. The van der Waals surface area contributed by atoms with Crippen molar-refractivity contribution < 1.29 is 9.13 Å². The standard InChI is InChI=1S/C15H17FN2O/c1-3-19-15-14(5-4-8-17-15)18-10-12-6-7-13(16)11(2)9-12/h4-9,18H,3,10H2,1-2H3. The summed E-state index contributed by atoms with van der Waals surface area (Å²) in [7, 11) is 0. The van der Waals surface area contributed by atoms with E-state index in [4.69, 9.17) is 4.74 Å². The first-order chi connectivity index (χ1) is 9.20. The van der Waals surface area contributed by atoms with E-state index in [1.54, 1.807) is 19.2 Å². The minimum absolute atomic E-state index is 0.180. The molecule has 2 aromatic rings. The smallest absolute Gasteiger partial charge is 0.237 e. The molecule has 0 aliphatic rings. The fourth-order valence-corrected chi connectivity index (χ4v) is 1.79. The molecule has 1 aromatic carbocycles. The number of rotatable bonds is 5. The van der Waals surface area contributed by atoms with Crippen molar-refractivity contribution in [2.45, 2.75) is 20.4 Å². The zero-order valence-corrected chi connectivity index (χ0v) is 11.1. The zero-order valence-electron chi connectivity index (χ0n) is 11.1. The van der Waals surface area contributed by atoms with Gasteiger partial charge in [-0.1, -0.05) is 12.1 Å². The number of nitrogens with zero attached hydrogens (tertiary/aromatic N) is 1. The molecular weight excluding hydrogens is 243 g/mol. The summed E-state index contributed by atoms with van der Waals surface area (Å²) in [6, 6.07) is 8.85. The van der Waals surface area contributed by atoms with Gasteiger partial charge in [0.2, 0.25) is 5.88 Å². The van der Waals surface area contributed by atoms with Gasteiger partial charge < -0.3 is 10.1 Å². The second-order valence-electron chi connectivity index (χ2n) is 4.23. The molecule has 1 heterocycles. The average Bonchev–Trinajstić information content (AvgIpc) is 2.42. The Labute approximate surface area is 112 Å². The highest BCUT2D eigenvalue weighted by Crippen LogP contribution is 2.21. The molecule has 2 rings (SSSR count). The van der Waals surface area contributed by atoms with Gasteiger partial charge in [-0.2, -0.15) is 0 Å². The number of anilines is 1. The lowest BCUT2D eigenvalue weighted by atomic mass is 10.1. The fourth-order valence-electron chi connectivity index (χ4n) is 1.79. The largest absolute Gasteiger partial charge is 0.476 e. The Kier molecular flexibility index (Phi) is 4.34. The number of pyridine rings is 1. The van der Waals surface area contributed by atoms with Gasteiger partial charge in [0.15, 0.2) is 0 Å². The molecule has 0 bridgehead atoms. The van der Waals surface area contributed by atoms with E-state index in [0.717, 1.165) is 11.3 Å². The summed E-state index contributed by atoms with van der Waals surface area (Å²) < 4.78 is 18.6. The van der Waals surface area contributed by atoms with Gasteiger partial charge in [-0.15, -0.1) is 0 Å². The summed E-state index contributed by atoms with van der Waals surface area (Å²) in [5.41, 5.74) is 2.51. The van der Waals surface area contributed by atoms with E-state index in [1.165, 1.54) is 6.07 Å². The summed E-state index contributed by atoms with van der Waals surface area (Å²) in [6.45, 7) is 4.85. The summed E-state index contributed by atoms with van der Waals surface area (Å²) >= 11 is 0. The van der Waals surface area contributed by atoms with Gasteiger partial charge in [0.25, 0.3) is 0 Å². The van der Waals surface area contributed by atoms with Crippen LogP contribution in [0.25, 0.3) is 0 Å². The summed E-state index contributed by atoms with van der Waals surface area (Å²) in [5.74, 6) is 0.406. The van der Waals surface area contributed by atoms with Gasteiger partial charge in [-0.05, 0) is 43.2 Å². The van der Waals surface area contributed by atoms with E-state index in [1.807, 2.05) is 25.1 Å². The number of ether oxygens (including phenoxy) is 1. The Morgan fingerprint density at radius 1 is 1.32 bits per heavy atom. The SMILES string of the molecule is CCOc1ncccc1NCc1ccc(F)c(C)c1. The van der Waals surface area contributed by atoms with Crippen LogP contribution < -0.4 is 10.1 Å². The van der Waals surface area contributed by atoms with Gasteiger partial charge in [0.05, 0.1) is 12.3 Å². The van der Waals surface area contributed by atoms with Crippen LogP contribution in [0.2, 0.25) is 0 Å². The minimum atomic E-state index is -0.180. The number of hydrogen-bond acceptors (Lipinski definition) is 3. The molecule has 0 radical (unpaired) electrons. The molecule has 0 aliphatic heterocycles. The molecule has 0 unspecified atom stereocenters.